The van der Waals surface area contributed by atoms with E-state index in [0.717, 1.165) is 5.56 Å². The van der Waals surface area contributed by atoms with Crippen LogP contribution in [0.25, 0.3) is 0 Å². The van der Waals surface area contributed by atoms with E-state index >= 15 is 0 Å². The van der Waals surface area contributed by atoms with E-state index in [-0.39, 0.29) is 32.0 Å². The van der Waals surface area contributed by atoms with Crippen molar-refractivity contribution >= 4 is 57.3 Å². The number of hydrogen-bond donors (Lipinski definition) is 1. The molecular formula is C25H26Cl2N2O4S. The molecule has 180 valence electrons. The Kier molecular flexibility index (Phi) is 9.33. The van der Waals surface area contributed by atoms with Crippen molar-refractivity contribution in [3.63, 3.8) is 0 Å². The molecule has 0 spiro atoms. The van der Waals surface area contributed by atoms with Crippen LogP contribution in [-0.2, 0) is 31.1 Å². The Hall–Kier alpha value is -2.61. The standard InChI is InChI=1S/C25H26Cl2N2O4S/c1-3-25(23(31)32-4-2,13-12-22(30)33-15-17-8-6-5-7-9-17)21-16-34-24(29-21)28-20-11-10-18(26)14-19(20)27/h5-11,14,16H,3-4,12-13,15H2,1-2H3,(H,28,29). The highest BCUT2D eigenvalue weighted by molar-refractivity contribution is 7.13. The number of anilines is 2. The minimum atomic E-state index is -1.07. The highest BCUT2D eigenvalue weighted by Crippen LogP contribution is 2.38. The molecule has 1 aromatic heterocycles. The largest absolute Gasteiger partial charge is 0.465 e. The van der Waals surface area contributed by atoms with Crippen LogP contribution in [0.5, 0.6) is 0 Å². The summed E-state index contributed by atoms with van der Waals surface area (Å²) in [5, 5.41) is 6.52. The molecule has 6 nitrogen and oxygen atoms in total. The molecule has 1 heterocycles. The topological polar surface area (TPSA) is 77.5 Å². The molecule has 0 aliphatic heterocycles. The molecule has 0 aliphatic carbocycles. The zero-order valence-corrected chi connectivity index (χ0v) is 21.3. The average molecular weight is 521 g/mol. The van der Waals surface area contributed by atoms with E-state index in [1.54, 1.807) is 25.1 Å². The van der Waals surface area contributed by atoms with Crippen molar-refractivity contribution in [1.29, 1.82) is 0 Å². The first-order valence-corrected chi connectivity index (χ1v) is 12.6. The Balaban J connectivity index is 1.75. The molecule has 0 radical (unpaired) electrons. The first-order valence-electron chi connectivity index (χ1n) is 10.9. The molecule has 34 heavy (non-hydrogen) atoms. The Morgan fingerprint density at radius 2 is 1.85 bits per heavy atom. The van der Waals surface area contributed by atoms with Crippen molar-refractivity contribution in [3.8, 4) is 0 Å². The molecule has 0 saturated heterocycles. The average Bonchev–Trinajstić information content (AvgIpc) is 3.30. The van der Waals surface area contributed by atoms with Crippen LogP contribution in [0.1, 0.15) is 44.4 Å². The summed E-state index contributed by atoms with van der Waals surface area (Å²) in [4.78, 5) is 30.2. The summed E-state index contributed by atoms with van der Waals surface area (Å²) in [7, 11) is 0. The van der Waals surface area contributed by atoms with Crippen LogP contribution in [0.4, 0.5) is 10.8 Å². The number of aromatic nitrogens is 1. The Bertz CT molecular complexity index is 1120. The second-order valence-corrected chi connectivity index (χ2v) is 9.29. The van der Waals surface area contributed by atoms with E-state index in [0.29, 0.717) is 33.0 Å². The summed E-state index contributed by atoms with van der Waals surface area (Å²) >= 11 is 13.6. The third-order valence-corrected chi connectivity index (χ3v) is 6.74. The number of halogens is 2. The molecule has 2 aromatic carbocycles. The fourth-order valence-electron chi connectivity index (χ4n) is 3.49. The minimum Gasteiger partial charge on any atom is -0.465 e. The molecule has 0 amide bonds. The first kappa shape index (κ1) is 26.0. The van der Waals surface area contributed by atoms with Crippen LogP contribution in [0.15, 0.2) is 53.9 Å². The maximum atomic E-state index is 13.1. The van der Waals surface area contributed by atoms with Gasteiger partial charge in [0.15, 0.2) is 5.13 Å². The summed E-state index contributed by atoms with van der Waals surface area (Å²) in [5.41, 5.74) is 1.03. The minimum absolute atomic E-state index is 0.0583. The molecular weight excluding hydrogens is 495 g/mol. The number of esters is 2. The second-order valence-electron chi connectivity index (χ2n) is 7.59. The van der Waals surface area contributed by atoms with Crippen LogP contribution in [0.3, 0.4) is 0 Å². The van der Waals surface area contributed by atoms with Gasteiger partial charge in [-0.25, -0.2) is 4.98 Å². The lowest BCUT2D eigenvalue weighted by Crippen LogP contribution is -2.38. The Morgan fingerprint density at radius 1 is 1.09 bits per heavy atom. The van der Waals surface area contributed by atoms with Gasteiger partial charge in [0.05, 0.1) is 23.0 Å². The molecule has 3 rings (SSSR count). The predicted molar refractivity (Wildman–Crippen MR) is 136 cm³/mol. The lowest BCUT2D eigenvalue weighted by molar-refractivity contribution is -0.152. The maximum absolute atomic E-state index is 13.1. The van der Waals surface area contributed by atoms with Gasteiger partial charge in [0.1, 0.15) is 12.0 Å². The molecule has 3 aromatic rings. The van der Waals surface area contributed by atoms with Crippen molar-refractivity contribution in [2.24, 2.45) is 0 Å². The number of carbonyl (C=O) groups is 2. The van der Waals surface area contributed by atoms with Crippen molar-refractivity contribution in [2.75, 3.05) is 11.9 Å². The van der Waals surface area contributed by atoms with Crippen molar-refractivity contribution in [1.82, 2.24) is 4.98 Å². The van der Waals surface area contributed by atoms with Gasteiger partial charge in [0.25, 0.3) is 0 Å². The van der Waals surface area contributed by atoms with E-state index in [1.807, 2.05) is 42.6 Å². The fraction of sp³-hybridized carbons (Fsp3) is 0.320. The normalized spacial score (nSPS) is 12.6. The van der Waals surface area contributed by atoms with Crippen molar-refractivity contribution < 1.29 is 19.1 Å². The number of ether oxygens (including phenoxy) is 2. The zero-order valence-electron chi connectivity index (χ0n) is 19.0. The number of benzene rings is 2. The van der Waals surface area contributed by atoms with E-state index in [2.05, 4.69) is 10.3 Å². The van der Waals surface area contributed by atoms with Crippen LogP contribution in [-0.4, -0.2) is 23.5 Å². The van der Waals surface area contributed by atoms with Crippen LogP contribution >= 0.6 is 34.5 Å². The van der Waals surface area contributed by atoms with Gasteiger partial charge >= 0.3 is 11.9 Å². The quantitative estimate of drug-likeness (QED) is 0.276. The van der Waals surface area contributed by atoms with Gasteiger partial charge in [-0.05, 0) is 43.5 Å². The molecule has 0 fully saturated rings. The third kappa shape index (κ3) is 6.50. The van der Waals surface area contributed by atoms with Gasteiger partial charge in [0, 0.05) is 16.8 Å². The Morgan fingerprint density at radius 3 is 2.53 bits per heavy atom. The number of nitrogens with one attached hydrogen (secondary N) is 1. The van der Waals surface area contributed by atoms with Gasteiger partial charge < -0.3 is 14.8 Å². The van der Waals surface area contributed by atoms with E-state index in [4.69, 9.17) is 32.7 Å². The number of rotatable bonds is 11. The molecule has 1 unspecified atom stereocenters. The lowest BCUT2D eigenvalue weighted by atomic mass is 9.78. The van der Waals surface area contributed by atoms with E-state index in [1.165, 1.54) is 11.3 Å². The monoisotopic (exact) mass is 520 g/mol. The molecule has 0 saturated carbocycles. The lowest BCUT2D eigenvalue weighted by Gasteiger charge is -2.28. The number of carbonyl (C=O) groups excluding carboxylic acids is 2. The molecule has 0 bridgehead atoms. The zero-order chi connectivity index (χ0) is 24.6. The van der Waals surface area contributed by atoms with Gasteiger partial charge in [-0.3, -0.25) is 9.59 Å². The molecule has 0 aliphatic rings. The highest BCUT2D eigenvalue weighted by Gasteiger charge is 2.42. The van der Waals surface area contributed by atoms with E-state index < -0.39 is 11.4 Å². The summed E-state index contributed by atoms with van der Waals surface area (Å²) in [6.07, 6.45) is 0.701. The van der Waals surface area contributed by atoms with Crippen LogP contribution in [0, 0.1) is 0 Å². The maximum Gasteiger partial charge on any atom is 0.318 e. The van der Waals surface area contributed by atoms with Gasteiger partial charge in [-0.15, -0.1) is 11.3 Å². The number of thiazole rings is 1. The van der Waals surface area contributed by atoms with Gasteiger partial charge in [-0.2, -0.15) is 0 Å². The second kappa shape index (κ2) is 12.2. The summed E-state index contributed by atoms with van der Waals surface area (Å²) in [6, 6.07) is 14.6. The highest BCUT2D eigenvalue weighted by atomic mass is 35.5. The summed E-state index contributed by atoms with van der Waals surface area (Å²) in [5.74, 6) is -0.790. The Labute approximate surface area is 213 Å². The van der Waals surface area contributed by atoms with Crippen molar-refractivity contribution in [2.45, 2.75) is 45.1 Å². The number of nitrogens with zero attached hydrogens (tertiary/aromatic N) is 1. The molecule has 1 atom stereocenters. The third-order valence-electron chi connectivity index (χ3n) is 5.44. The predicted octanol–water partition coefficient (Wildman–Crippen LogP) is 6.93. The van der Waals surface area contributed by atoms with Crippen molar-refractivity contribution in [3.05, 3.63) is 75.2 Å². The van der Waals surface area contributed by atoms with E-state index in [9.17, 15) is 9.59 Å². The summed E-state index contributed by atoms with van der Waals surface area (Å²) < 4.78 is 10.8. The summed E-state index contributed by atoms with van der Waals surface area (Å²) in [6.45, 7) is 4.05. The van der Waals surface area contributed by atoms with Gasteiger partial charge in [-0.1, -0.05) is 60.5 Å². The van der Waals surface area contributed by atoms with Gasteiger partial charge in [0.2, 0.25) is 0 Å². The molecule has 9 heteroatoms. The SMILES string of the molecule is CCOC(=O)C(CC)(CCC(=O)OCc1ccccc1)c1csc(Nc2ccc(Cl)cc2Cl)n1. The smallest absolute Gasteiger partial charge is 0.318 e. The fourth-order valence-corrected chi connectivity index (χ4v) is 4.77. The number of hydrogen-bond acceptors (Lipinski definition) is 7. The van der Waals surface area contributed by atoms with Crippen LogP contribution < -0.4 is 5.32 Å². The van der Waals surface area contributed by atoms with Crippen LogP contribution in [0.2, 0.25) is 10.0 Å². The first-order chi connectivity index (χ1) is 16.4. The molecule has 1 N–H and O–H groups in total.